The number of ether oxygens (including phenoxy) is 2. The van der Waals surface area contributed by atoms with E-state index in [1.54, 1.807) is 22.7 Å². The highest BCUT2D eigenvalue weighted by molar-refractivity contribution is 7.14. The average molecular weight is 295 g/mol. The molecule has 0 aromatic carbocycles. The van der Waals surface area contributed by atoms with Crippen molar-refractivity contribution in [1.82, 2.24) is 5.32 Å². The van der Waals surface area contributed by atoms with Crippen molar-refractivity contribution in [3.05, 3.63) is 33.8 Å². The fraction of sp³-hybridized carbons (Fsp3) is 0.429. The molecule has 3 rings (SSSR count). The smallest absolute Gasteiger partial charge is 0.0933 e. The Morgan fingerprint density at radius 2 is 2.32 bits per heavy atom. The molecule has 0 saturated carbocycles. The summed E-state index contributed by atoms with van der Waals surface area (Å²) in [6.45, 7) is 3.90. The molecule has 1 aliphatic rings. The highest BCUT2D eigenvalue weighted by Crippen LogP contribution is 2.29. The first-order valence-electron chi connectivity index (χ1n) is 6.43. The average Bonchev–Trinajstić information content (AvgIpc) is 3.10. The minimum Gasteiger partial charge on any atom is -0.376 e. The molecule has 0 aliphatic carbocycles. The first-order valence-corrected chi connectivity index (χ1v) is 8.19. The van der Waals surface area contributed by atoms with E-state index < -0.39 is 0 Å². The van der Waals surface area contributed by atoms with Crippen LogP contribution in [0.25, 0.3) is 10.4 Å². The van der Waals surface area contributed by atoms with Gasteiger partial charge in [-0.1, -0.05) is 6.07 Å². The number of hydrogen-bond donors (Lipinski definition) is 1. The normalized spacial score (nSPS) is 19.7. The lowest BCUT2D eigenvalue weighted by molar-refractivity contribution is -0.0864. The summed E-state index contributed by atoms with van der Waals surface area (Å²) in [5.41, 5.74) is 1.33. The van der Waals surface area contributed by atoms with Crippen LogP contribution < -0.4 is 5.32 Å². The van der Waals surface area contributed by atoms with Crippen LogP contribution in [0.3, 0.4) is 0 Å². The molecule has 3 nitrogen and oxygen atoms in total. The number of hydrogen-bond acceptors (Lipinski definition) is 5. The van der Waals surface area contributed by atoms with Crippen LogP contribution in [0, 0.1) is 0 Å². The molecule has 1 unspecified atom stereocenters. The van der Waals surface area contributed by atoms with Gasteiger partial charge in [0.1, 0.15) is 0 Å². The van der Waals surface area contributed by atoms with Gasteiger partial charge in [-0.15, -0.1) is 22.7 Å². The third kappa shape index (κ3) is 3.64. The molecule has 0 amide bonds. The molecule has 1 atom stereocenters. The Labute approximate surface area is 121 Å². The van der Waals surface area contributed by atoms with E-state index in [4.69, 9.17) is 9.47 Å². The predicted octanol–water partition coefficient (Wildman–Crippen LogP) is 2.98. The van der Waals surface area contributed by atoms with Gasteiger partial charge in [0.05, 0.1) is 25.9 Å². The molecule has 102 valence electrons. The number of rotatable bonds is 5. The van der Waals surface area contributed by atoms with E-state index in [1.807, 2.05) is 0 Å². The van der Waals surface area contributed by atoms with Crippen molar-refractivity contribution in [2.45, 2.75) is 12.6 Å². The lowest BCUT2D eigenvalue weighted by Gasteiger charge is -2.22. The summed E-state index contributed by atoms with van der Waals surface area (Å²) in [4.78, 5) is 2.70. The number of nitrogens with one attached hydrogen (secondary N) is 1. The van der Waals surface area contributed by atoms with Crippen molar-refractivity contribution in [1.29, 1.82) is 0 Å². The summed E-state index contributed by atoms with van der Waals surface area (Å²) >= 11 is 3.59. The van der Waals surface area contributed by atoms with Gasteiger partial charge >= 0.3 is 0 Å². The molecule has 1 saturated heterocycles. The summed E-state index contributed by atoms with van der Waals surface area (Å²) < 4.78 is 11.0. The first-order chi connectivity index (χ1) is 9.42. The van der Waals surface area contributed by atoms with E-state index in [1.165, 1.54) is 15.3 Å². The Bertz CT molecular complexity index is 489. The summed E-state index contributed by atoms with van der Waals surface area (Å²) in [7, 11) is 0. The van der Waals surface area contributed by atoms with Gasteiger partial charge in [0.2, 0.25) is 0 Å². The fourth-order valence-electron chi connectivity index (χ4n) is 2.06. The van der Waals surface area contributed by atoms with Gasteiger partial charge in [-0.25, -0.2) is 0 Å². The highest BCUT2D eigenvalue weighted by Gasteiger charge is 2.13. The van der Waals surface area contributed by atoms with Gasteiger partial charge in [0.25, 0.3) is 0 Å². The third-order valence-corrected chi connectivity index (χ3v) is 4.87. The van der Waals surface area contributed by atoms with Crippen molar-refractivity contribution in [3.63, 3.8) is 0 Å². The fourth-order valence-corrected chi connectivity index (χ4v) is 3.70. The Hall–Kier alpha value is -0.720. The van der Waals surface area contributed by atoms with Crippen molar-refractivity contribution >= 4 is 22.7 Å². The molecule has 1 aliphatic heterocycles. The monoisotopic (exact) mass is 295 g/mol. The summed E-state index contributed by atoms with van der Waals surface area (Å²) in [5.74, 6) is 0. The van der Waals surface area contributed by atoms with E-state index in [2.05, 4.69) is 34.3 Å². The molecule has 0 spiro atoms. The Morgan fingerprint density at radius 1 is 1.32 bits per heavy atom. The van der Waals surface area contributed by atoms with Crippen LogP contribution in [0.2, 0.25) is 0 Å². The zero-order valence-electron chi connectivity index (χ0n) is 10.6. The highest BCUT2D eigenvalue weighted by atomic mass is 32.1. The predicted molar refractivity (Wildman–Crippen MR) is 79.9 cm³/mol. The molecule has 19 heavy (non-hydrogen) atoms. The lowest BCUT2D eigenvalue weighted by Crippen LogP contribution is -2.37. The SMILES string of the molecule is c1csc(-c2csc(CNCC3COCCO3)c2)c1. The van der Waals surface area contributed by atoms with Crippen LogP contribution >= 0.6 is 22.7 Å². The van der Waals surface area contributed by atoms with Crippen LogP contribution in [0.1, 0.15) is 4.88 Å². The second-order valence-corrected chi connectivity index (χ2v) is 6.42. The van der Waals surface area contributed by atoms with Crippen molar-refractivity contribution in [3.8, 4) is 10.4 Å². The minimum atomic E-state index is 0.200. The maximum atomic E-state index is 5.60. The molecule has 0 radical (unpaired) electrons. The van der Waals surface area contributed by atoms with Crippen molar-refractivity contribution in [2.75, 3.05) is 26.4 Å². The molecular weight excluding hydrogens is 278 g/mol. The van der Waals surface area contributed by atoms with Crippen LogP contribution in [0.4, 0.5) is 0 Å². The Kier molecular flexibility index (Phi) is 4.63. The Balaban J connectivity index is 1.48. The Morgan fingerprint density at radius 3 is 3.11 bits per heavy atom. The van der Waals surface area contributed by atoms with Gasteiger partial charge in [-0.05, 0) is 22.9 Å². The van der Waals surface area contributed by atoms with E-state index in [-0.39, 0.29) is 6.10 Å². The molecule has 1 fully saturated rings. The second-order valence-electron chi connectivity index (χ2n) is 4.48. The van der Waals surface area contributed by atoms with Crippen LogP contribution in [-0.4, -0.2) is 32.5 Å². The van der Waals surface area contributed by atoms with E-state index in [9.17, 15) is 0 Å². The molecule has 3 heterocycles. The first kappa shape index (κ1) is 13.3. The van der Waals surface area contributed by atoms with E-state index in [0.29, 0.717) is 13.2 Å². The van der Waals surface area contributed by atoms with Gasteiger partial charge < -0.3 is 14.8 Å². The minimum absolute atomic E-state index is 0.200. The van der Waals surface area contributed by atoms with Gasteiger partial charge in [0, 0.05) is 28.4 Å². The van der Waals surface area contributed by atoms with Crippen molar-refractivity contribution < 1.29 is 9.47 Å². The molecular formula is C14H17NO2S2. The summed E-state index contributed by atoms with van der Waals surface area (Å²) in [5, 5.41) is 7.78. The van der Waals surface area contributed by atoms with E-state index in [0.717, 1.165) is 19.7 Å². The zero-order valence-corrected chi connectivity index (χ0v) is 12.3. The van der Waals surface area contributed by atoms with Gasteiger partial charge in [0.15, 0.2) is 0 Å². The van der Waals surface area contributed by atoms with Gasteiger partial charge in [-0.2, -0.15) is 0 Å². The van der Waals surface area contributed by atoms with Crippen LogP contribution in [0.5, 0.6) is 0 Å². The molecule has 5 heteroatoms. The van der Waals surface area contributed by atoms with Crippen LogP contribution in [-0.2, 0) is 16.0 Å². The maximum absolute atomic E-state index is 5.60. The largest absolute Gasteiger partial charge is 0.376 e. The topological polar surface area (TPSA) is 30.5 Å². The molecule has 0 bridgehead atoms. The quantitative estimate of drug-likeness (QED) is 0.920. The standard InChI is InChI=1S/C14H17NO2S2/c1-2-14(18-5-1)11-6-13(19-10-11)8-15-7-12-9-16-3-4-17-12/h1-2,5-6,10,12,15H,3-4,7-9H2. The molecule has 2 aromatic rings. The van der Waals surface area contributed by atoms with Crippen molar-refractivity contribution in [2.24, 2.45) is 0 Å². The zero-order chi connectivity index (χ0) is 12.9. The van der Waals surface area contributed by atoms with Gasteiger partial charge in [-0.3, -0.25) is 0 Å². The third-order valence-electron chi connectivity index (χ3n) is 3.02. The summed E-state index contributed by atoms with van der Waals surface area (Å²) in [6.07, 6.45) is 0.200. The lowest BCUT2D eigenvalue weighted by atomic mass is 10.2. The molecule has 2 aromatic heterocycles. The number of thiophene rings is 2. The summed E-state index contributed by atoms with van der Waals surface area (Å²) in [6, 6.07) is 6.52. The second kappa shape index (κ2) is 6.63. The van der Waals surface area contributed by atoms with Crippen LogP contribution in [0.15, 0.2) is 29.0 Å². The van der Waals surface area contributed by atoms with E-state index >= 15 is 0 Å². The maximum Gasteiger partial charge on any atom is 0.0933 e. The molecule has 1 N–H and O–H groups in total.